The molecule has 0 saturated carbocycles. The third-order valence-electron chi connectivity index (χ3n) is 2.68. The van der Waals surface area contributed by atoms with Crippen LogP contribution in [-0.2, 0) is 0 Å². The van der Waals surface area contributed by atoms with Crippen LogP contribution in [0.1, 0.15) is 26.2 Å². The minimum absolute atomic E-state index is 0.0693. The fraction of sp³-hybridized carbons (Fsp3) is 1.00. The standard InChI is InChI=1S/C9H19NO2/c1-9(7-12)5-8(6-10-9)3-2-4-11/h8,10-12H,2-7H2,1H3. The molecule has 0 bridgehead atoms. The van der Waals surface area contributed by atoms with Crippen LogP contribution in [0.2, 0.25) is 0 Å². The van der Waals surface area contributed by atoms with E-state index in [2.05, 4.69) is 5.32 Å². The van der Waals surface area contributed by atoms with Crippen LogP contribution in [-0.4, -0.2) is 35.5 Å². The molecule has 0 aromatic rings. The fourth-order valence-electron chi connectivity index (χ4n) is 1.88. The Kier molecular flexibility index (Phi) is 3.50. The SMILES string of the molecule is CC1(CO)CC(CCCO)CN1. The van der Waals surface area contributed by atoms with E-state index in [0.717, 1.165) is 25.8 Å². The number of aliphatic hydroxyl groups excluding tert-OH is 2. The van der Waals surface area contributed by atoms with Gasteiger partial charge in [-0.15, -0.1) is 0 Å². The Labute approximate surface area is 73.8 Å². The van der Waals surface area contributed by atoms with E-state index in [9.17, 15) is 0 Å². The van der Waals surface area contributed by atoms with Crippen LogP contribution in [0.5, 0.6) is 0 Å². The summed E-state index contributed by atoms with van der Waals surface area (Å²) in [5.41, 5.74) is -0.0693. The lowest BCUT2D eigenvalue weighted by Crippen LogP contribution is -2.39. The van der Waals surface area contributed by atoms with Crippen molar-refractivity contribution >= 4 is 0 Å². The number of rotatable bonds is 4. The molecule has 0 radical (unpaired) electrons. The van der Waals surface area contributed by atoms with Gasteiger partial charge in [0.25, 0.3) is 0 Å². The highest BCUT2D eigenvalue weighted by Gasteiger charge is 2.33. The minimum atomic E-state index is -0.0693. The number of aliphatic hydroxyl groups is 2. The molecule has 2 unspecified atom stereocenters. The van der Waals surface area contributed by atoms with E-state index >= 15 is 0 Å². The van der Waals surface area contributed by atoms with E-state index in [4.69, 9.17) is 10.2 Å². The average Bonchev–Trinajstić information content (AvgIpc) is 2.45. The molecular weight excluding hydrogens is 154 g/mol. The number of hydrogen-bond donors (Lipinski definition) is 3. The summed E-state index contributed by atoms with van der Waals surface area (Å²) in [4.78, 5) is 0. The summed E-state index contributed by atoms with van der Waals surface area (Å²) < 4.78 is 0. The van der Waals surface area contributed by atoms with Crippen molar-refractivity contribution in [1.82, 2.24) is 5.32 Å². The summed E-state index contributed by atoms with van der Waals surface area (Å²) >= 11 is 0. The lowest BCUT2D eigenvalue weighted by molar-refractivity contribution is 0.187. The van der Waals surface area contributed by atoms with Crippen LogP contribution >= 0.6 is 0 Å². The lowest BCUT2D eigenvalue weighted by Gasteiger charge is -2.20. The van der Waals surface area contributed by atoms with E-state index < -0.39 is 0 Å². The van der Waals surface area contributed by atoms with E-state index in [-0.39, 0.29) is 18.8 Å². The Morgan fingerprint density at radius 3 is 2.75 bits per heavy atom. The largest absolute Gasteiger partial charge is 0.396 e. The molecule has 1 aliphatic rings. The molecule has 1 aliphatic heterocycles. The maximum Gasteiger partial charge on any atom is 0.0610 e. The molecule has 3 nitrogen and oxygen atoms in total. The van der Waals surface area contributed by atoms with Gasteiger partial charge in [-0.2, -0.15) is 0 Å². The van der Waals surface area contributed by atoms with Gasteiger partial charge in [0.15, 0.2) is 0 Å². The first-order valence-corrected chi connectivity index (χ1v) is 4.67. The van der Waals surface area contributed by atoms with Crippen LogP contribution in [0.4, 0.5) is 0 Å². The second-order valence-electron chi connectivity index (χ2n) is 4.04. The summed E-state index contributed by atoms with van der Waals surface area (Å²) in [7, 11) is 0. The van der Waals surface area contributed by atoms with Gasteiger partial charge in [-0.25, -0.2) is 0 Å². The summed E-state index contributed by atoms with van der Waals surface area (Å²) in [6, 6.07) is 0. The van der Waals surface area contributed by atoms with Crippen molar-refractivity contribution < 1.29 is 10.2 Å². The van der Waals surface area contributed by atoms with E-state index in [1.807, 2.05) is 6.92 Å². The highest BCUT2D eigenvalue weighted by Crippen LogP contribution is 2.26. The van der Waals surface area contributed by atoms with Crippen molar-refractivity contribution in [2.24, 2.45) is 5.92 Å². The maximum absolute atomic E-state index is 9.06. The molecule has 1 fully saturated rings. The van der Waals surface area contributed by atoms with Crippen molar-refractivity contribution in [2.75, 3.05) is 19.8 Å². The third kappa shape index (κ3) is 2.44. The van der Waals surface area contributed by atoms with Crippen molar-refractivity contribution in [3.8, 4) is 0 Å². The second kappa shape index (κ2) is 4.21. The van der Waals surface area contributed by atoms with Gasteiger partial charge in [-0.05, 0) is 38.6 Å². The van der Waals surface area contributed by atoms with Gasteiger partial charge < -0.3 is 15.5 Å². The molecule has 2 atom stereocenters. The van der Waals surface area contributed by atoms with E-state index in [0.29, 0.717) is 5.92 Å². The zero-order chi connectivity index (χ0) is 9.03. The van der Waals surface area contributed by atoms with Gasteiger partial charge in [-0.3, -0.25) is 0 Å². The zero-order valence-corrected chi connectivity index (χ0v) is 7.71. The molecule has 12 heavy (non-hydrogen) atoms. The van der Waals surface area contributed by atoms with Crippen LogP contribution in [0.3, 0.4) is 0 Å². The molecule has 1 heterocycles. The highest BCUT2D eigenvalue weighted by molar-refractivity contribution is 4.92. The quantitative estimate of drug-likeness (QED) is 0.566. The monoisotopic (exact) mass is 173 g/mol. The van der Waals surface area contributed by atoms with Crippen LogP contribution in [0.15, 0.2) is 0 Å². The average molecular weight is 173 g/mol. The Balaban J connectivity index is 2.25. The molecule has 3 N–H and O–H groups in total. The predicted octanol–water partition coefficient (Wildman–Crippen LogP) is 0.119. The third-order valence-corrected chi connectivity index (χ3v) is 2.68. The molecule has 1 rings (SSSR count). The minimum Gasteiger partial charge on any atom is -0.396 e. The van der Waals surface area contributed by atoms with Crippen LogP contribution < -0.4 is 5.32 Å². The molecule has 0 aromatic carbocycles. The maximum atomic E-state index is 9.06. The Hall–Kier alpha value is -0.120. The molecule has 0 amide bonds. The zero-order valence-electron chi connectivity index (χ0n) is 7.71. The van der Waals surface area contributed by atoms with Gasteiger partial charge in [0.05, 0.1) is 6.61 Å². The molecule has 0 spiro atoms. The fourth-order valence-corrected chi connectivity index (χ4v) is 1.88. The summed E-state index contributed by atoms with van der Waals surface area (Å²) in [5, 5.41) is 21.0. The molecule has 0 aliphatic carbocycles. The Bertz CT molecular complexity index is 138. The summed E-state index contributed by atoms with van der Waals surface area (Å²) in [6.07, 6.45) is 2.98. The van der Waals surface area contributed by atoms with E-state index in [1.54, 1.807) is 0 Å². The lowest BCUT2D eigenvalue weighted by atomic mass is 9.93. The number of hydrogen-bond acceptors (Lipinski definition) is 3. The molecule has 3 heteroatoms. The second-order valence-corrected chi connectivity index (χ2v) is 4.04. The number of nitrogens with one attached hydrogen (secondary N) is 1. The first-order valence-electron chi connectivity index (χ1n) is 4.67. The molecule has 72 valence electrons. The topological polar surface area (TPSA) is 52.5 Å². The van der Waals surface area contributed by atoms with Crippen LogP contribution in [0.25, 0.3) is 0 Å². The Morgan fingerprint density at radius 2 is 2.25 bits per heavy atom. The summed E-state index contributed by atoms with van der Waals surface area (Å²) in [5.74, 6) is 0.634. The van der Waals surface area contributed by atoms with Crippen molar-refractivity contribution in [1.29, 1.82) is 0 Å². The molecule has 0 aromatic heterocycles. The van der Waals surface area contributed by atoms with Gasteiger partial charge in [0.2, 0.25) is 0 Å². The van der Waals surface area contributed by atoms with Crippen LogP contribution in [0, 0.1) is 5.92 Å². The summed E-state index contributed by atoms with van der Waals surface area (Å²) in [6.45, 7) is 3.53. The Morgan fingerprint density at radius 1 is 1.50 bits per heavy atom. The molecule has 1 saturated heterocycles. The van der Waals surface area contributed by atoms with Crippen molar-refractivity contribution in [2.45, 2.75) is 31.7 Å². The van der Waals surface area contributed by atoms with Gasteiger partial charge in [-0.1, -0.05) is 0 Å². The van der Waals surface area contributed by atoms with Crippen molar-refractivity contribution in [3.63, 3.8) is 0 Å². The normalized spacial score (nSPS) is 35.8. The molecular formula is C9H19NO2. The first kappa shape index (κ1) is 9.96. The smallest absolute Gasteiger partial charge is 0.0610 e. The predicted molar refractivity (Wildman–Crippen MR) is 47.9 cm³/mol. The van der Waals surface area contributed by atoms with E-state index in [1.165, 1.54) is 0 Å². The van der Waals surface area contributed by atoms with Gasteiger partial charge >= 0.3 is 0 Å². The highest BCUT2D eigenvalue weighted by atomic mass is 16.3. The van der Waals surface area contributed by atoms with Gasteiger partial charge in [0, 0.05) is 12.1 Å². The van der Waals surface area contributed by atoms with Crippen molar-refractivity contribution in [3.05, 3.63) is 0 Å². The van der Waals surface area contributed by atoms with Gasteiger partial charge in [0.1, 0.15) is 0 Å². The first-order chi connectivity index (χ1) is 5.70.